The smallest absolute Gasteiger partial charge is 0.0363 e. The number of para-hydroxylation sites is 3. The van der Waals surface area contributed by atoms with Gasteiger partial charge in [0.1, 0.15) is 0 Å². The molecule has 27 heavy (non-hydrogen) atoms. The minimum atomic E-state index is 1.06. The summed E-state index contributed by atoms with van der Waals surface area (Å²) < 4.78 is 0. The lowest BCUT2D eigenvalue weighted by atomic mass is 10.3. The van der Waals surface area contributed by atoms with Gasteiger partial charge in [0, 0.05) is 51.8 Å². The maximum Gasteiger partial charge on any atom is 0.0363 e. The molecule has 3 nitrogen and oxygen atoms in total. The molecule has 0 radical (unpaired) electrons. The third-order valence-electron chi connectivity index (χ3n) is 4.01. The van der Waals surface area contributed by atoms with E-state index in [2.05, 4.69) is 65.5 Å². The van der Waals surface area contributed by atoms with E-state index in [0.717, 1.165) is 12.2 Å². The van der Waals surface area contributed by atoms with Crippen LogP contribution >= 0.6 is 0 Å². The summed E-state index contributed by atoms with van der Waals surface area (Å²) in [5.41, 5.74) is 3.69. The number of hydrogen-bond donors (Lipinski definition) is 1. The van der Waals surface area contributed by atoms with Gasteiger partial charge in [-0.25, -0.2) is 0 Å². The Kier molecular flexibility index (Phi) is 10.9. The fourth-order valence-corrected chi connectivity index (χ4v) is 2.20. The summed E-state index contributed by atoms with van der Waals surface area (Å²) in [6, 6.07) is 30.7. The standard InChI is InChI=1S/C9H13N.C8H11N.C7H9N/c1-3-10(2)9-7-5-4-6-8-9;1-9(2)8-6-4-3-5-7-8;1-8-7-5-3-2-4-6-7/h4-8H,3H2,1-2H3;3-7H,1-2H3;2-6,8H,1H3. The highest BCUT2D eigenvalue weighted by Crippen LogP contribution is 2.09. The second-order valence-corrected chi connectivity index (χ2v) is 6.20. The van der Waals surface area contributed by atoms with Crippen LogP contribution in [-0.2, 0) is 0 Å². The van der Waals surface area contributed by atoms with Crippen molar-refractivity contribution in [3.8, 4) is 0 Å². The quantitative estimate of drug-likeness (QED) is 0.649. The SMILES string of the molecule is CCN(C)c1ccccc1.CN(C)c1ccccc1.CNc1ccccc1. The van der Waals surface area contributed by atoms with Crippen LogP contribution in [0.1, 0.15) is 6.92 Å². The summed E-state index contributed by atoms with van der Waals surface area (Å²) >= 11 is 0. The molecule has 3 rings (SSSR count). The number of nitrogens with zero attached hydrogens (tertiary/aromatic N) is 2. The number of rotatable bonds is 4. The fourth-order valence-electron chi connectivity index (χ4n) is 2.20. The molecule has 0 bridgehead atoms. The number of benzene rings is 3. The van der Waals surface area contributed by atoms with Gasteiger partial charge in [-0.05, 0) is 43.3 Å². The summed E-state index contributed by atoms with van der Waals surface area (Å²) in [7, 11) is 8.08. The molecule has 0 aliphatic heterocycles. The normalized spacial score (nSPS) is 9.07. The van der Waals surface area contributed by atoms with Gasteiger partial charge in [-0.15, -0.1) is 0 Å². The molecular formula is C24H33N3. The Morgan fingerprint density at radius 3 is 1.33 bits per heavy atom. The van der Waals surface area contributed by atoms with E-state index in [4.69, 9.17) is 0 Å². The van der Waals surface area contributed by atoms with Crippen LogP contribution in [0.15, 0.2) is 91.0 Å². The van der Waals surface area contributed by atoms with Crippen molar-refractivity contribution in [1.82, 2.24) is 0 Å². The number of nitrogens with one attached hydrogen (secondary N) is 1. The largest absolute Gasteiger partial charge is 0.388 e. The molecule has 3 aromatic carbocycles. The van der Waals surface area contributed by atoms with E-state index in [1.165, 1.54) is 11.4 Å². The van der Waals surface area contributed by atoms with Crippen LogP contribution in [0, 0.1) is 0 Å². The van der Waals surface area contributed by atoms with Crippen molar-refractivity contribution in [3.05, 3.63) is 91.0 Å². The van der Waals surface area contributed by atoms with Crippen molar-refractivity contribution in [3.63, 3.8) is 0 Å². The average Bonchev–Trinajstić information content (AvgIpc) is 2.76. The van der Waals surface area contributed by atoms with Crippen molar-refractivity contribution in [1.29, 1.82) is 0 Å². The van der Waals surface area contributed by atoms with Gasteiger partial charge in [0.05, 0.1) is 0 Å². The first-order chi connectivity index (χ1) is 13.1. The monoisotopic (exact) mass is 363 g/mol. The molecule has 0 unspecified atom stereocenters. The first-order valence-corrected chi connectivity index (χ1v) is 9.29. The Balaban J connectivity index is 0.000000204. The van der Waals surface area contributed by atoms with Crippen molar-refractivity contribution in [2.24, 2.45) is 0 Å². The molecule has 0 atom stereocenters. The lowest BCUT2D eigenvalue weighted by Gasteiger charge is -2.15. The third kappa shape index (κ3) is 9.36. The summed E-state index contributed by atoms with van der Waals surface area (Å²) in [6.45, 7) is 3.21. The van der Waals surface area contributed by atoms with Gasteiger partial charge >= 0.3 is 0 Å². The minimum Gasteiger partial charge on any atom is -0.388 e. The Hall–Kier alpha value is -2.94. The van der Waals surface area contributed by atoms with Gasteiger partial charge < -0.3 is 15.1 Å². The second-order valence-electron chi connectivity index (χ2n) is 6.20. The number of anilines is 3. The Labute approximate surface area is 165 Å². The molecule has 0 aliphatic rings. The van der Waals surface area contributed by atoms with E-state index in [1.54, 1.807) is 0 Å². The second kappa shape index (κ2) is 13.3. The molecular weight excluding hydrogens is 330 g/mol. The summed E-state index contributed by atoms with van der Waals surface area (Å²) in [4.78, 5) is 4.29. The fraction of sp³-hybridized carbons (Fsp3) is 0.250. The predicted octanol–water partition coefficient (Wildman–Crippen LogP) is 5.62. The van der Waals surface area contributed by atoms with Gasteiger partial charge in [-0.1, -0.05) is 54.6 Å². The lowest BCUT2D eigenvalue weighted by Crippen LogP contribution is -2.15. The van der Waals surface area contributed by atoms with Gasteiger partial charge in [0.25, 0.3) is 0 Å². The molecule has 0 fully saturated rings. The van der Waals surface area contributed by atoms with Crippen LogP contribution < -0.4 is 15.1 Å². The lowest BCUT2D eigenvalue weighted by molar-refractivity contribution is 0.968. The zero-order valence-electron chi connectivity index (χ0n) is 17.3. The topological polar surface area (TPSA) is 18.5 Å². The minimum absolute atomic E-state index is 1.06. The van der Waals surface area contributed by atoms with E-state index < -0.39 is 0 Å². The molecule has 0 amide bonds. The van der Waals surface area contributed by atoms with Crippen molar-refractivity contribution in [2.75, 3.05) is 49.9 Å². The Morgan fingerprint density at radius 1 is 0.630 bits per heavy atom. The van der Waals surface area contributed by atoms with Crippen molar-refractivity contribution < 1.29 is 0 Å². The van der Waals surface area contributed by atoms with Gasteiger partial charge in [-0.3, -0.25) is 0 Å². The van der Waals surface area contributed by atoms with Crippen LogP contribution in [0.4, 0.5) is 17.1 Å². The predicted molar refractivity (Wildman–Crippen MR) is 122 cm³/mol. The molecule has 3 heteroatoms. The Morgan fingerprint density at radius 2 is 1.04 bits per heavy atom. The first kappa shape index (κ1) is 22.1. The van der Waals surface area contributed by atoms with Crippen LogP contribution in [0.5, 0.6) is 0 Å². The third-order valence-corrected chi connectivity index (χ3v) is 4.01. The Bertz CT molecular complexity index is 697. The van der Waals surface area contributed by atoms with Gasteiger partial charge in [0.15, 0.2) is 0 Å². The summed E-state index contributed by atoms with van der Waals surface area (Å²) in [5.74, 6) is 0. The highest BCUT2D eigenvalue weighted by molar-refractivity contribution is 5.45. The maximum atomic E-state index is 3.03. The van der Waals surface area contributed by atoms with E-state index in [9.17, 15) is 0 Å². The van der Waals surface area contributed by atoms with E-state index in [0.29, 0.717) is 0 Å². The molecule has 3 aromatic rings. The van der Waals surface area contributed by atoms with Crippen LogP contribution in [0.2, 0.25) is 0 Å². The average molecular weight is 364 g/mol. The van der Waals surface area contributed by atoms with Gasteiger partial charge in [0.2, 0.25) is 0 Å². The van der Waals surface area contributed by atoms with Crippen LogP contribution in [-0.4, -0.2) is 34.7 Å². The zero-order chi connectivity index (χ0) is 19.9. The summed E-state index contributed by atoms with van der Waals surface area (Å²) in [6.07, 6.45) is 0. The maximum absolute atomic E-state index is 3.03. The van der Waals surface area contributed by atoms with E-state index in [1.807, 2.05) is 75.7 Å². The number of hydrogen-bond acceptors (Lipinski definition) is 3. The molecule has 0 spiro atoms. The molecule has 0 saturated carbocycles. The molecule has 144 valence electrons. The molecule has 0 aliphatic carbocycles. The highest BCUT2D eigenvalue weighted by Gasteiger charge is 1.92. The van der Waals surface area contributed by atoms with Gasteiger partial charge in [-0.2, -0.15) is 0 Å². The van der Waals surface area contributed by atoms with Crippen LogP contribution in [0.25, 0.3) is 0 Å². The summed E-state index contributed by atoms with van der Waals surface area (Å²) in [5, 5.41) is 3.03. The molecule has 0 aromatic heterocycles. The van der Waals surface area contributed by atoms with E-state index >= 15 is 0 Å². The van der Waals surface area contributed by atoms with Crippen molar-refractivity contribution in [2.45, 2.75) is 6.92 Å². The zero-order valence-corrected chi connectivity index (χ0v) is 17.3. The molecule has 1 N–H and O–H groups in total. The highest BCUT2D eigenvalue weighted by atomic mass is 15.1. The molecule has 0 heterocycles. The molecule has 0 saturated heterocycles. The van der Waals surface area contributed by atoms with E-state index in [-0.39, 0.29) is 0 Å². The van der Waals surface area contributed by atoms with Crippen LogP contribution in [0.3, 0.4) is 0 Å². The van der Waals surface area contributed by atoms with Crippen molar-refractivity contribution >= 4 is 17.1 Å². The first-order valence-electron chi connectivity index (χ1n) is 9.29.